The van der Waals surface area contributed by atoms with Crippen LogP contribution in [-0.2, 0) is 14.3 Å². The Labute approximate surface area is 134 Å². The van der Waals surface area contributed by atoms with Gasteiger partial charge in [-0.2, -0.15) is 0 Å². The summed E-state index contributed by atoms with van der Waals surface area (Å²) in [6.45, 7) is 5.08. The van der Waals surface area contributed by atoms with Crippen molar-refractivity contribution in [2.75, 3.05) is 0 Å². The lowest BCUT2D eigenvalue weighted by atomic mass is 10.0. The average Bonchev–Trinajstić information content (AvgIpc) is 3.13. The Hall–Kier alpha value is -2.31. The maximum Gasteiger partial charge on any atom is 0.329 e. The van der Waals surface area contributed by atoms with Crippen LogP contribution in [0.15, 0.2) is 22.8 Å². The van der Waals surface area contributed by atoms with E-state index in [0.717, 1.165) is 12.8 Å². The summed E-state index contributed by atoms with van der Waals surface area (Å²) in [7, 11) is 0. The minimum Gasteiger partial charge on any atom is -0.459 e. The molecule has 0 spiro atoms. The summed E-state index contributed by atoms with van der Waals surface area (Å²) in [5.41, 5.74) is 0. The fourth-order valence-corrected chi connectivity index (χ4v) is 1.97. The normalized spacial score (nSPS) is 16.5. The van der Waals surface area contributed by atoms with Gasteiger partial charge in [0.1, 0.15) is 6.04 Å². The lowest BCUT2D eigenvalue weighted by Crippen LogP contribution is -2.47. The summed E-state index contributed by atoms with van der Waals surface area (Å²) in [5.74, 6) is -1.54. The summed E-state index contributed by atoms with van der Waals surface area (Å²) in [4.78, 5) is 36.1. The van der Waals surface area contributed by atoms with Crippen LogP contribution in [-0.4, -0.2) is 36.0 Å². The molecule has 1 aromatic heterocycles. The molecule has 0 radical (unpaired) electrons. The molecule has 126 valence electrons. The molecule has 0 unspecified atom stereocenters. The second-order valence-corrected chi connectivity index (χ2v) is 6.03. The van der Waals surface area contributed by atoms with Crippen molar-refractivity contribution in [2.24, 2.45) is 5.92 Å². The zero-order valence-corrected chi connectivity index (χ0v) is 13.5. The number of hydrogen-bond donors (Lipinski definition) is 2. The predicted octanol–water partition coefficient (Wildman–Crippen LogP) is 1.24. The molecule has 7 heteroatoms. The van der Waals surface area contributed by atoms with Gasteiger partial charge in [-0.1, -0.05) is 13.8 Å². The van der Waals surface area contributed by atoms with Crippen molar-refractivity contribution in [2.45, 2.75) is 51.8 Å². The van der Waals surface area contributed by atoms with Gasteiger partial charge in [-0.25, -0.2) is 4.79 Å². The molecule has 0 aromatic carbocycles. The highest BCUT2D eigenvalue weighted by atomic mass is 16.5. The van der Waals surface area contributed by atoms with Gasteiger partial charge in [0.2, 0.25) is 0 Å². The number of furan rings is 1. The standard InChI is InChI=1S/C16H22N2O5/c1-9(2)13(18-15(20)12-5-4-8-22-12)16(21)23-10(3)14(19)17-11-6-7-11/h4-5,8-11,13H,6-7H2,1-3H3,(H,17,19)(H,18,20)/t10-,13+/m1/s1. The van der Waals surface area contributed by atoms with Gasteiger partial charge in [0.25, 0.3) is 11.8 Å². The molecular weight excluding hydrogens is 300 g/mol. The molecule has 23 heavy (non-hydrogen) atoms. The van der Waals surface area contributed by atoms with E-state index in [0.29, 0.717) is 0 Å². The molecule has 1 aliphatic rings. The monoisotopic (exact) mass is 322 g/mol. The van der Waals surface area contributed by atoms with Crippen molar-refractivity contribution in [3.63, 3.8) is 0 Å². The van der Waals surface area contributed by atoms with E-state index in [1.165, 1.54) is 19.3 Å². The van der Waals surface area contributed by atoms with Crippen molar-refractivity contribution in [1.29, 1.82) is 0 Å². The van der Waals surface area contributed by atoms with Gasteiger partial charge >= 0.3 is 5.97 Å². The van der Waals surface area contributed by atoms with Gasteiger partial charge in [0.05, 0.1) is 6.26 Å². The molecule has 0 bridgehead atoms. The van der Waals surface area contributed by atoms with Crippen LogP contribution in [0.5, 0.6) is 0 Å². The fourth-order valence-electron chi connectivity index (χ4n) is 1.97. The van der Waals surface area contributed by atoms with E-state index >= 15 is 0 Å². The Bertz CT molecular complexity index is 563. The molecule has 0 aliphatic heterocycles. The Morgan fingerprint density at radius 3 is 2.48 bits per heavy atom. The van der Waals surface area contributed by atoms with Crippen molar-refractivity contribution in [1.82, 2.24) is 10.6 Å². The van der Waals surface area contributed by atoms with Gasteiger partial charge in [0.15, 0.2) is 11.9 Å². The van der Waals surface area contributed by atoms with Crippen LogP contribution in [0.25, 0.3) is 0 Å². The minimum absolute atomic E-state index is 0.114. The fraction of sp³-hybridized carbons (Fsp3) is 0.562. The van der Waals surface area contributed by atoms with Crippen molar-refractivity contribution in [3.8, 4) is 0 Å². The molecule has 7 nitrogen and oxygen atoms in total. The third-order valence-corrected chi connectivity index (χ3v) is 3.54. The topological polar surface area (TPSA) is 97.6 Å². The van der Waals surface area contributed by atoms with Crippen molar-refractivity contribution < 1.29 is 23.5 Å². The molecule has 1 heterocycles. The number of hydrogen-bond acceptors (Lipinski definition) is 5. The van der Waals surface area contributed by atoms with Gasteiger partial charge in [-0.15, -0.1) is 0 Å². The van der Waals surface area contributed by atoms with Gasteiger partial charge in [-0.05, 0) is 37.8 Å². The van der Waals surface area contributed by atoms with E-state index in [1.54, 1.807) is 19.9 Å². The van der Waals surface area contributed by atoms with Crippen LogP contribution < -0.4 is 10.6 Å². The van der Waals surface area contributed by atoms with E-state index in [9.17, 15) is 14.4 Å². The lowest BCUT2D eigenvalue weighted by Gasteiger charge is -2.22. The Balaban J connectivity index is 1.92. The lowest BCUT2D eigenvalue weighted by molar-refractivity contribution is -0.157. The molecular formula is C16H22N2O5. The van der Waals surface area contributed by atoms with E-state index < -0.39 is 24.0 Å². The first-order chi connectivity index (χ1) is 10.9. The number of carbonyl (C=O) groups is 3. The smallest absolute Gasteiger partial charge is 0.329 e. The number of rotatable bonds is 7. The van der Waals surface area contributed by atoms with Gasteiger partial charge in [0, 0.05) is 6.04 Å². The van der Waals surface area contributed by atoms with Crippen molar-refractivity contribution in [3.05, 3.63) is 24.2 Å². The zero-order valence-electron chi connectivity index (χ0n) is 13.5. The molecule has 2 rings (SSSR count). The summed E-state index contributed by atoms with van der Waals surface area (Å²) in [6, 6.07) is 2.43. The number of esters is 1. The van der Waals surface area contributed by atoms with Crippen LogP contribution in [0.2, 0.25) is 0 Å². The van der Waals surface area contributed by atoms with Crippen LogP contribution in [0.4, 0.5) is 0 Å². The molecule has 1 aliphatic carbocycles. The van der Waals surface area contributed by atoms with Crippen LogP contribution in [0.1, 0.15) is 44.2 Å². The summed E-state index contributed by atoms with van der Waals surface area (Å²) in [6.07, 6.45) is 2.40. The van der Waals surface area contributed by atoms with E-state index in [2.05, 4.69) is 10.6 Å². The van der Waals surface area contributed by atoms with Crippen LogP contribution in [0.3, 0.4) is 0 Å². The number of carbonyl (C=O) groups excluding carboxylic acids is 3. The second-order valence-electron chi connectivity index (χ2n) is 6.03. The largest absolute Gasteiger partial charge is 0.459 e. The summed E-state index contributed by atoms with van der Waals surface area (Å²) in [5, 5.41) is 5.35. The second kappa shape index (κ2) is 7.30. The highest BCUT2D eigenvalue weighted by molar-refractivity contribution is 5.95. The van der Waals surface area contributed by atoms with Gasteiger partial charge in [-0.3, -0.25) is 9.59 Å². The molecule has 0 saturated heterocycles. The third-order valence-electron chi connectivity index (χ3n) is 3.54. The Morgan fingerprint density at radius 2 is 1.96 bits per heavy atom. The Morgan fingerprint density at radius 1 is 1.26 bits per heavy atom. The maximum atomic E-state index is 12.3. The van der Waals surface area contributed by atoms with Crippen molar-refractivity contribution >= 4 is 17.8 Å². The predicted molar refractivity (Wildman–Crippen MR) is 81.5 cm³/mol. The van der Waals surface area contributed by atoms with Crippen LogP contribution in [0, 0.1) is 5.92 Å². The number of ether oxygens (including phenoxy) is 1. The van der Waals surface area contributed by atoms with E-state index in [1.807, 2.05) is 0 Å². The average molecular weight is 322 g/mol. The molecule has 2 atom stereocenters. The first-order valence-corrected chi connectivity index (χ1v) is 7.73. The van der Waals surface area contributed by atoms with E-state index in [-0.39, 0.29) is 23.6 Å². The van der Waals surface area contributed by atoms with E-state index in [4.69, 9.17) is 9.15 Å². The number of nitrogens with one attached hydrogen (secondary N) is 2. The summed E-state index contributed by atoms with van der Waals surface area (Å²) >= 11 is 0. The maximum absolute atomic E-state index is 12.3. The molecule has 2 N–H and O–H groups in total. The zero-order chi connectivity index (χ0) is 17.0. The third kappa shape index (κ3) is 4.84. The Kier molecular flexibility index (Phi) is 5.41. The van der Waals surface area contributed by atoms with Crippen LogP contribution >= 0.6 is 0 Å². The molecule has 1 fully saturated rings. The molecule has 1 saturated carbocycles. The first kappa shape index (κ1) is 17.1. The highest BCUT2D eigenvalue weighted by Crippen LogP contribution is 2.19. The number of amides is 2. The quantitative estimate of drug-likeness (QED) is 0.736. The first-order valence-electron chi connectivity index (χ1n) is 7.73. The SMILES string of the molecule is CC(C)[C@H](NC(=O)c1ccco1)C(=O)O[C@H](C)C(=O)NC1CC1. The van der Waals surface area contributed by atoms with Gasteiger partial charge < -0.3 is 19.8 Å². The molecule has 1 aromatic rings. The minimum atomic E-state index is -0.898. The summed E-state index contributed by atoms with van der Waals surface area (Å²) < 4.78 is 10.2. The molecule has 2 amide bonds. The highest BCUT2D eigenvalue weighted by Gasteiger charge is 2.31.